The van der Waals surface area contributed by atoms with E-state index in [0.29, 0.717) is 4.99 Å². The second kappa shape index (κ2) is 8.35. The van der Waals surface area contributed by atoms with Crippen molar-refractivity contribution in [2.45, 2.75) is 19.3 Å². The quantitative estimate of drug-likeness (QED) is 0.614. The van der Waals surface area contributed by atoms with Gasteiger partial charge in [0.1, 0.15) is 0 Å². The maximum atomic E-state index is 5.59. The zero-order chi connectivity index (χ0) is 14.2. The molecular formula is C16H25N3S. The molecule has 0 aromatic heterocycles. The molecule has 3 nitrogen and oxygen atoms in total. The van der Waals surface area contributed by atoms with Gasteiger partial charge in [-0.2, -0.15) is 0 Å². The van der Waals surface area contributed by atoms with Gasteiger partial charge in [0.05, 0.1) is 4.99 Å². The van der Waals surface area contributed by atoms with Crippen molar-refractivity contribution < 1.29 is 0 Å². The molecule has 1 fully saturated rings. The van der Waals surface area contributed by atoms with Gasteiger partial charge in [0.2, 0.25) is 0 Å². The van der Waals surface area contributed by atoms with E-state index in [4.69, 9.17) is 18.0 Å². The molecule has 1 aromatic rings. The number of nitrogens with zero attached hydrogens (tertiary/aromatic N) is 2. The van der Waals surface area contributed by atoms with Gasteiger partial charge in [-0.3, -0.25) is 4.90 Å². The van der Waals surface area contributed by atoms with E-state index >= 15 is 0 Å². The molecule has 1 heterocycles. The Labute approximate surface area is 127 Å². The standard InChI is InChI=1S/C16H25N3S/c17-16(20)14-19-12-10-18(11-13-19)9-5-4-8-15-6-2-1-3-7-15/h1-3,6-7H,4-5,8-14H2,(H2,17,20). The largest absolute Gasteiger partial charge is 0.392 e. The second-order valence-corrected chi connectivity index (χ2v) is 6.05. The summed E-state index contributed by atoms with van der Waals surface area (Å²) in [4.78, 5) is 5.52. The fraction of sp³-hybridized carbons (Fsp3) is 0.562. The van der Waals surface area contributed by atoms with Gasteiger partial charge in [0.25, 0.3) is 0 Å². The molecule has 0 spiro atoms. The fourth-order valence-electron chi connectivity index (χ4n) is 2.70. The van der Waals surface area contributed by atoms with Crippen LogP contribution in [0.5, 0.6) is 0 Å². The molecule has 2 N–H and O–H groups in total. The van der Waals surface area contributed by atoms with Crippen LogP contribution in [0.25, 0.3) is 0 Å². The summed E-state index contributed by atoms with van der Waals surface area (Å²) >= 11 is 4.96. The topological polar surface area (TPSA) is 32.5 Å². The second-order valence-electron chi connectivity index (χ2n) is 5.53. The summed E-state index contributed by atoms with van der Waals surface area (Å²) in [6.07, 6.45) is 3.75. The van der Waals surface area contributed by atoms with Crippen LogP contribution in [0.4, 0.5) is 0 Å². The van der Waals surface area contributed by atoms with E-state index in [1.807, 2.05) is 0 Å². The van der Waals surface area contributed by atoms with Crippen molar-refractivity contribution in [2.24, 2.45) is 5.73 Å². The smallest absolute Gasteiger partial charge is 0.0870 e. The number of nitrogens with two attached hydrogens (primary N) is 1. The lowest BCUT2D eigenvalue weighted by Gasteiger charge is -2.34. The Balaban J connectivity index is 1.56. The lowest BCUT2D eigenvalue weighted by molar-refractivity contribution is 0.144. The third kappa shape index (κ3) is 5.57. The lowest BCUT2D eigenvalue weighted by Crippen LogP contribution is -2.48. The maximum Gasteiger partial charge on any atom is 0.0870 e. The van der Waals surface area contributed by atoms with Crippen molar-refractivity contribution in [2.75, 3.05) is 39.3 Å². The third-order valence-corrected chi connectivity index (χ3v) is 4.01. The van der Waals surface area contributed by atoms with Crippen LogP contribution in [0.3, 0.4) is 0 Å². The van der Waals surface area contributed by atoms with E-state index in [9.17, 15) is 0 Å². The zero-order valence-corrected chi connectivity index (χ0v) is 12.9. The van der Waals surface area contributed by atoms with Crippen LogP contribution in [0.15, 0.2) is 30.3 Å². The van der Waals surface area contributed by atoms with Crippen molar-refractivity contribution in [3.05, 3.63) is 35.9 Å². The highest BCUT2D eigenvalue weighted by molar-refractivity contribution is 7.80. The first-order valence-corrected chi connectivity index (χ1v) is 7.92. The van der Waals surface area contributed by atoms with E-state index in [-0.39, 0.29) is 0 Å². The SMILES string of the molecule is NC(=S)CN1CCN(CCCCc2ccccc2)CC1. The number of benzene rings is 1. The third-order valence-electron chi connectivity index (χ3n) is 3.88. The van der Waals surface area contributed by atoms with Crippen LogP contribution in [-0.2, 0) is 6.42 Å². The minimum atomic E-state index is 0.612. The molecule has 110 valence electrons. The first-order valence-electron chi connectivity index (χ1n) is 7.51. The monoisotopic (exact) mass is 291 g/mol. The van der Waals surface area contributed by atoms with Gasteiger partial charge in [-0.25, -0.2) is 0 Å². The van der Waals surface area contributed by atoms with Crippen molar-refractivity contribution >= 4 is 17.2 Å². The van der Waals surface area contributed by atoms with Gasteiger partial charge < -0.3 is 10.6 Å². The number of rotatable bonds is 7. The molecule has 0 unspecified atom stereocenters. The summed E-state index contributed by atoms with van der Waals surface area (Å²) in [5, 5.41) is 0. The Bertz CT molecular complexity index is 399. The van der Waals surface area contributed by atoms with Gasteiger partial charge in [0.15, 0.2) is 0 Å². The van der Waals surface area contributed by atoms with Crippen molar-refractivity contribution in [1.29, 1.82) is 0 Å². The van der Waals surface area contributed by atoms with Gasteiger partial charge >= 0.3 is 0 Å². The van der Waals surface area contributed by atoms with Gasteiger partial charge in [-0.15, -0.1) is 0 Å². The van der Waals surface area contributed by atoms with Gasteiger partial charge in [-0.1, -0.05) is 42.5 Å². The average Bonchev–Trinajstić information content (AvgIpc) is 2.46. The van der Waals surface area contributed by atoms with Crippen LogP contribution >= 0.6 is 12.2 Å². The average molecular weight is 291 g/mol. The summed E-state index contributed by atoms with van der Waals surface area (Å²) < 4.78 is 0. The molecule has 1 aliphatic rings. The van der Waals surface area contributed by atoms with Gasteiger partial charge in [0, 0.05) is 32.7 Å². The first kappa shape index (κ1) is 15.4. The van der Waals surface area contributed by atoms with E-state index in [2.05, 4.69) is 40.1 Å². The van der Waals surface area contributed by atoms with Gasteiger partial charge in [-0.05, 0) is 31.4 Å². The highest BCUT2D eigenvalue weighted by Crippen LogP contribution is 2.07. The highest BCUT2D eigenvalue weighted by Gasteiger charge is 2.16. The predicted octanol–water partition coefficient (Wildman–Crippen LogP) is 1.91. The first-order chi connectivity index (χ1) is 9.74. The number of piperazine rings is 1. The Hall–Kier alpha value is -0.970. The summed E-state index contributed by atoms with van der Waals surface area (Å²) in [5.74, 6) is 0. The van der Waals surface area contributed by atoms with E-state index in [1.54, 1.807) is 0 Å². The maximum absolute atomic E-state index is 5.59. The van der Waals surface area contributed by atoms with Crippen molar-refractivity contribution in [1.82, 2.24) is 9.80 Å². The summed E-state index contributed by atoms with van der Waals surface area (Å²) in [7, 11) is 0. The minimum absolute atomic E-state index is 0.612. The van der Waals surface area contributed by atoms with E-state index < -0.39 is 0 Å². The Morgan fingerprint density at radius 3 is 2.30 bits per heavy atom. The number of thiocarbonyl (C=S) groups is 1. The van der Waals surface area contributed by atoms with Crippen molar-refractivity contribution in [3.63, 3.8) is 0 Å². The van der Waals surface area contributed by atoms with E-state index in [0.717, 1.165) is 32.7 Å². The fourth-order valence-corrected chi connectivity index (χ4v) is 2.88. The molecule has 1 aliphatic heterocycles. The van der Waals surface area contributed by atoms with Crippen LogP contribution in [0, 0.1) is 0 Å². The van der Waals surface area contributed by atoms with Crippen LogP contribution < -0.4 is 5.73 Å². The van der Waals surface area contributed by atoms with Crippen LogP contribution in [0.1, 0.15) is 18.4 Å². The summed E-state index contributed by atoms with van der Waals surface area (Å²) in [6.45, 7) is 6.47. The van der Waals surface area contributed by atoms with Crippen LogP contribution in [-0.4, -0.2) is 54.1 Å². The number of aryl methyl sites for hydroxylation is 1. The molecule has 0 atom stereocenters. The molecular weight excluding hydrogens is 266 g/mol. The number of unbranched alkanes of at least 4 members (excludes halogenated alkanes) is 1. The van der Waals surface area contributed by atoms with E-state index in [1.165, 1.54) is 31.4 Å². The Kier molecular flexibility index (Phi) is 6.43. The van der Waals surface area contributed by atoms with Crippen LogP contribution in [0.2, 0.25) is 0 Å². The zero-order valence-electron chi connectivity index (χ0n) is 12.1. The molecule has 0 amide bonds. The Morgan fingerprint density at radius 1 is 1.00 bits per heavy atom. The minimum Gasteiger partial charge on any atom is -0.392 e. The van der Waals surface area contributed by atoms with Crippen molar-refractivity contribution in [3.8, 4) is 0 Å². The molecule has 0 saturated carbocycles. The molecule has 1 saturated heterocycles. The molecule has 20 heavy (non-hydrogen) atoms. The Morgan fingerprint density at radius 2 is 1.65 bits per heavy atom. The normalized spacial score (nSPS) is 17.2. The summed E-state index contributed by atoms with van der Waals surface area (Å²) in [6, 6.07) is 10.8. The molecule has 0 radical (unpaired) electrons. The number of hydrogen-bond acceptors (Lipinski definition) is 3. The molecule has 1 aromatic carbocycles. The predicted molar refractivity (Wildman–Crippen MR) is 89.0 cm³/mol. The molecule has 0 bridgehead atoms. The highest BCUT2D eigenvalue weighted by atomic mass is 32.1. The summed E-state index contributed by atoms with van der Waals surface area (Å²) in [5.41, 5.74) is 7.04. The number of hydrogen-bond donors (Lipinski definition) is 1. The molecule has 4 heteroatoms. The molecule has 2 rings (SSSR count). The lowest BCUT2D eigenvalue weighted by atomic mass is 10.1. The molecule has 0 aliphatic carbocycles.